The first kappa shape index (κ1) is 19.2. The number of nitrogens with zero attached hydrogens (tertiary/aromatic N) is 1. The number of methoxy groups -OCH3 is 1. The monoisotopic (exact) mass is 354 g/mol. The second-order valence-electron chi connectivity index (χ2n) is 6.82. The minimum atomic E-state index is -3.48. The van der Waals surface area contributed by atoms with E-state index in [-0.39, 0.29) is 0 Å². The maximum absolute atomic E-state index is 12.5. The number of hydrogen-bond donors (Lipinski definition) is 1. The Labute approximate surface area is 146 Å². The second kappa shape index (κ2) is 8.32. The molecule has 0 aliphatic carbocycles. The predicted octanol–water partition coefficient (Wildman–Crippen LogP) is 2.71. The normalized spacial score (nSPS) is 19.4. The van der Waals surface area contributed by atoms with Crippen molar-refractivity contribution < 1.29 is 13.2 Å². The number of benzene rings is 1. The Morgan fingerprint density at radius 2 is 2.04 bits per heavy atom. The number of rotatable bonds is 7. The smallest absolute Gasteiger partial charge is 0.240 e. The number of piperidine rings is 1. The maximum atomic E-state index is 12.5. The Balaban J connectivity index is 1.91. The first-order valence-electron chi connectivity index (χ1n) is 8.71. The van der Waals surface area contributed by atoms with Crippen LogP contribution in [0.1, 0.15) is 37.3 Å². The van der Waals surface area contributed by atoms with E-state index >= 15 is 0 Å². The van der Waals surface area contributed by atoms with Crippen LogP contribution in [0.15, 0.2) is 17.0 Å². The topological polar surface area (TPSA) is 58.6 Å². The predicted molar refractivity (Wildman–Crippen MR) is 97.1 cm³/mol. The van der Waals surface area contributed by atoms with Gasteiger partial charge in [0.15, 0.2) is 0 Å². The zero-order chi connectivity index (χ0) is 17.7. The highest BCUT2D eigenvalue weighted by molar-refractivity contribution is 7.89. The lowest BCUT2D eigenvalue weighted by Gasteiger charge is -2.30. The van der Waals surface area contributed by atoms with Gasteiger partial charge < -0.3 is 9.64 Å². The number of hydrogen-bond acceptors (Lipinski definition) is 4. The Kier molecular flexibility index (Phi) is 6.66. The molecule has 0 aromatic heterocycles. The van der Waals surface area contributed by atoms with E-state index in [4.69, 9.17) is 4.74 Å². The molecule has 1 aromatic carbocycles. The molecular weight excluding hydrogens is 324 g/mol. The summed E-state index contributed by atoms with van der Waals surface area (Å²) in [5.74, 6) is 1.46. The molecule has 136 valence electrons. The summed E-state index contributed by atoms with van der Waals surface area (Å²) in [6, 6.07) is 3.34. The molecule has 1 atom stereocenters. The van der Waals surface area contributed by atoms with Crippen LogP contribution in [0.2, 0.25) is 0 Å². The lowest BCUT2D eigenvalue weighted by Crippen LogP contribution is -2.36. The molecule has 1 saturated heterocycles. The van der Waals surface area contributed by atoms with Crippen LogP contribution in [0.4, 0.5) is 0 Å². The van der Waals surface area contributed by atoms with Crippen molar-refractivity contribution in [2.45, 2.75) is 44.9 Å². The summed E-state index contributed by atoms with van der Waals surface area (Å²) in [5.41, 5.74) is 1.61. The van der Waals surface area contributed by atoms with E-state index < -0.39 is 10.0 Å². The fourth-order valence-corrected chi connectivity index (χ4v) is 4.73. The molecule has 1 heterocycles. The van der Waals surface area contributed by atoms with Crippen molar-refractivity contribution in [2.24, 2.45) is 5.92 Å². The molecule has 24 heavy (non-hydrogen) atoms. The lowest BCUT2D eigenvalue weighted by molar-refractivity contribution is 0.182. The van der Waals surface area contributed by atoms with Crippen molar-refractivity contribution in [2.75, 3.05) is 33.3 Å². The number of sulfonamides is 1. The third-order valence-electron chi connectivity index (χ3n) is 4.88. The fraction of sp³-hybridized carbons (Fsp3) is 0.667. The van der Waals surface area contributed by atoms with E-state index in [1.807, 2.05) is 13.8 Å². The van der Waals surface area contributed by atoms with Gasteiger partial charge in [-0.3, -0.25) is 0 Å². The summed E-state index contributed by atoms with van der Waals surface area (Å²) in [6.45, 7) is 9.67. The molecule has 0 amide bonds. The van der Waals surface area contributed by atoms with Gasteiger partial charge in [0.25, 0.3) is 0 Å². The van der Waals surface area contributed by atoms with Crippen LogP contribution in [0.5, 0.6) is 5.75 Å². The molecular formula is C18H30N2O3S. The summed E-state index contributed by atoms with van der Waals surface area (Å²) in [6.07, 6.45) is 3.39. The summed E-state index contributed by atoms with van der Waals surface area (Å²) >= 11 is 0. The van der Waals surface area contributed by atoms with Crippen molar-refractivity contribution in [3.05, 3.63) is 23.3 Å². The van der Waals surface area contributed by atoms with Gasteiger partial charge in [0.05, 0.1) is 12.0 Å². The van der Waals surface area contributed by atoms with Crippen LogP contribution < -0.4 is 9.46 Å². The average molecular weight is 355 g/mol. The van der Waals surface area contributed by atoms with Gasteiger partial charge in [-0.15, -0.1) is 0 Å². The van der Waals surface area contributed by atoms with Crippen LogP contribution in [-0.4, -0.2) is 46.6 Å². The number of nitrogens with one attached hydrogen (secondary N) is 1. The van der Waals surface area contributed by atoms with Gasteiger partial charge in [0, 0.05) is 13.1 Å². The Morgan fingerprint density at radius 3 is 2.71 bits per heavy atom. The minimum absolute atomic E-state index is 0.340. The highest BCUT2D eigenvalue weighted by atomic mass is 32.2. The van der Waals surface area contributed by atoms with Gasteiger partial charge in [-0.1, -0.05) is 6.92 Å². The van der Waals surface area contributed by atoms with Gasteiger partial charge >= 0.3 is 0 Å². The van der Waals surface area contributed by atoms with E-state index in [9.17, 15) is 8.42 Å². The van der Waals surface area contributed by atoms with Gasteiger partial charge in [-0.25, -0.2) is 13.1 Å². The second-order valence-corrected chi connectivity index (χ2v) is 8.55. The molecule has 1 fully saturated rings. The molecule has 1 aliphatic heterocycles. The average Bonchev–Trinajstić information content (AvgIpc) is 2.54. The maximum Gasteiger partial charge on any atom is 0.240 e. The van der Waals surface area contributed by atoms with Gasteiger partial charge in [0.1, 0.15) is 5.75 Å². The first-order valence-corrected chi connectivity index (χ1v) is 10.2. The standard InChI is InChI=1S/C18H30N2O3S/c1-14-7-5-11-20(13-14)12-6-10-19-24(21,22)18-9-8-17(23-4)15(2)16(18)3/h8-9,14,19H,5-7,10-13H2,1-4H3. The van der Waals surface area contributed by atoms with Crippen molar-refractivity contribution >= 4 is 10.0 Å². The number of likely N-dealkylation sites (tertiary alicyclic amines) is 1. The van der Waals surface area contributed by atoms with Crippen molar-refractivity contribution in [1.82, 2.24) is 9.62 Å². The fourth-order valence-electron chi connectivity index (χ4n) is 3.36. The van der Waals surface area contributed by atoms with E-state index in [0.29, 0.717) is 17.2 Å². The molecule has 0 spiro atoms. The van der Waals surface area contributed by atoms with Gasteiger partial charge in [-0.2, -0.15) is 0 Å². The van der Waals surface area contributed by atoms with Crippen LogP contribution in [0.25, 0.3) is 0 Å². The van der Waals surface area contributed by atoms with E-state index in [2.05, 4.69) is 16.5 Å². The lowest BCUT2D eigenvalue weighted by atomic mass is 10.0. The minimum Gasteiger partial charge on any atom is -0.496 e. The van der Waals surface area contributed by atoms with E-state index in [0.717, 1.165) is 43.1 Å². The third kappa shape index (κ3) is 4.71. The van der Waals surface area contributed by atoms with Crippen LogP contribution in [-0.2, 0) is 10.0 Å². The SMILES string of the molecule is COc1ccc(S(=O)(=O)NCCCN2CCCC(C)C2)c(C)c1C. The first-order chi connectivity index (χ1) is 11.3. The number of ether oxygens (including phenoxy) is 1. The van der Waals surface area contributed by atoms with Crippen molar-refractivity contribution in [3.63, 3.8) is 0 Å². The van der Waals surface area contributed by atoms with E-state index in [1.165, 1.54) is 12.8 Å². The summed E-state index contributed by atoms with van der Waals surface area (Å²) in [4.78, 5) is 2.78. The molecule has 0 saturated carbocycles. The summed E-state index contributed by atoms with van der Waals surface area (Å²) in [7, 11) is -1.88. The van der Waals surface area contributed by atoms with E-state index in [1.54, 1.807) is 19.2 Å². The van der Waals surface area contributed by atoms with Crippen molar-refractivity contribution in [3.8, 4) is 5.75 Å². The van der Waals surface area contributed by atoms with Crippen LogP contribution >= 0.6 is 0 Å². The summed E-state index contributed by atoms with van der Waals surface area (Å²) < 4.78 is 33.1. The molecule has 0 bridgehead atoms. The van der Waals surface area contributed by atoms with Gasteiger partial charge in [0.2, 0.25) is 10.0 Å². The largest absolute Gasteiger partial charge is 0.496 e. The molecule has 0 radical (unpaired) electrons. The highest BCUT2D eigenvalue weighted by Gasteiger charge is 2.20. The Hall–Kier alpha value is -1.11. The Morgan fingerprint density at radius 1 is 1.29 bits per heavy atom. The quantitative estimate of drug-likeness (QED) is 0.765. The molecule has 1 aliphatic rings. The Bertz CT molecular complexity index is 658. The van der Waals surface area contributed by atoms with Crippen LogP contribution in [0, 0.1) is 19.8 Å². The summed E-state index contributed by atoms with van der Waals surface area (Å²) in [5, 5.41) is 0. The molecule has 5 nitrogen and oxygen atoms in total. The molecule has 2 rings (SSSR count). The molecule has 6 heteroatoms. The van der Waals surface area contributed by atoms with Crippen molar-refractivity contribution in [1.29, 1.82) is 0 Å². The van der Waals surface area contributed by atoms with Crippen LogP contribution in [0.3, 0.4) is 0 Å². The van der Waals surface area contributed by atoms with Gasteiger partial charge in [-0.05, 0) is 75.4 Å². The molecule has 1 aromatic rings. The highest BCUT2D eigenvalue weighted by Crippen LogP contribution is 2.26. The zero-order valence-electron chi connectivity index (χ0n) is 15.3. The molecule has 1 unspecified atom stereocenters. The molecule has 1 N–H and O–H groups in total. The zero-order valence-corrected chi connectivity index (χ0v) is 16.1. The third-order valence-corrected chi connectivity index (χ3v) is 6.49.